The Labute approximate surface area is 162 Å². The topological polar surface area (TPSA) is 66.0 Å². The van der Waals surface area contributed by atoms with Crippen LogP contribution in [0.15, 0.2) is 29.3 Å². The van der Waals surface area contributed by atoms with Gasteiger partial charge in [0.05, 0.1) is 12.6 Å². The predicted octanol–water partition coefficient (Wildman–Crippen LogP) is 2.71. The van der Waals surface area contributed by atoms with Crippen molar-refractivity contribution in [1.82, 2.24) is 15.5 Å². The minimum absolute atomic E-state index is 0.00248. The maximum absolute atomic E-state index is 12.0. The van der Waals surface area contributed by atoms with Gasteiger partial charge >= 0.3 is 0 Å². The zero-order valence-corrected chi connectivity index (χ0v) is 16.8. The zero-order valence-electron chi connectivity index (χ0n) is 16.8. The van der Waals surface area contributed by atoms with Gasteiger partial charge in [0.25, 0.3) is 0 Å². The molecule has 0 spiro atoms. The van der Waals surface area contributed by atoms with Crippen molar-refractivity contribution < 1.29 is 9.53 Å². The lowest BCUT2D eigenvalue weighted by atomic mass is 9.67. The van der Waals surface area contributed by atoms with Crippen LogP contribution in [0.25, 0.3) is 0 Å². The van der Waals surface area contributed by atoms with Gasteiger partial charge in [-0.25, -0.2) is 4.99 Å². The van der Waals surface area contributed by atoms with Gasteiger partial charge in [-0.05, 0) is 30.7 Å². The van der Waals surface area contributed by atoms with E-state index in [1.807, 2.05) is 18.2 Å². The summed E-state index contributed by atoms with van der Waals surface area (Å²) in [6.45, 7) is 3.98. The summed E-state index contributed by atoms with van der Waals surface area (Å²) in [6, 6.07) is 8.25. The van der Waals surface area contributed by atoms with Crippen LogP contribution in [0.3, 0.4) is 0 Å². The molecule has 27 heavy (non-hydrogen) atoms. The van der Waals surface area contributed by atoms with Gasteiger partial charge in [-0.3, -0.25) is 4.79 Å². The highest BCUT2D eigenvalue weighted by atomic mass is 16.5. The number of nitrogens with one attached hydrogen (secondary N) is 2. The van der Waals surface area contributed by atoms with Crippen LogP contribution in [-0.2, 0) is 4.79 Å². The van der Waals surface area contributed by atoms with E-state index in [1.165, 1.54) is 25.7 Å². The molecule has 1 amide bonds. The first-order valence-corrected chi connectivity index (χ1v) is 10.00. The van der Waals surface area contributed by atoms with E-state index >= 15 is 0 Å². The van der Waals surface area contributed by atoms with Crippen molar-refractivity contribution in [2.45, 2.75) is 45.1 Å². The number of likely N-dealkylation sites (N-methyl/N-ethyl adjacent to an activating group) is 1. The Morgan fingerprint density at radius 1 is 1.33 bits per heavy atom. The Kier molecular flexibility index (Phi) is 6.24. The van der Waals surface area contributed by atoms with Gasteiger partial charge in [-0.1, -0.05) is 31.5 Å². The molecule has 0 aromatic heterocycles. The molecule has 3 rings (SSSR count). The van der Waals surface area contributed by atoms with Crippen molar-refractivity contribution in [3.05, 3.63) is 29.8 Å². The van der Waals surface area contributed by atoms with Crippen LogP contribution < -0.4 is 15.4 Å². The third-order valence-electron chi connectivity index (χ3n) is 5.94. The molecule has 1 fully saturated rings. The van der Waals surface area contributed by atoms with E-state index in [2.05, 4.69) is 28.6 Å². The van der Waals surface area contributed by atoms with E-state index in [1.54, 1.807) is 19.0 Å². The molecule has 1 aliphatic heterocycles. The maximum Gasteiger partial charge on any atom is 0.243 e. The quantitative estimate of drug-likeness (QED) is 0.595. The molecule has 2 N–H and O–H groups in total. The number of para-hydroxylation sites is 1. The van der Waals surface area contributed by atoms with Gasteiger partial charge in [0.1, 0.15) is 12.3 Å². The Hall–Kier alpha value is -2.24. The van der Waals surface area contributed by atoms with E-state index < -0.39 is 0 Å². The fourth-order valence-electron chi connectivity index (χ4n) is 3.70. The molecule has 1 heterocycles. The van der Waals surface area contributed by atoms with Crippen LogP contribution in [-0.4, -0.2) is 50.6 Å². The van der Waals surface area contributed by atoms with E-state index in [0.29, 0.717) is 18.0 Å². The first kappa shape index (κ1) is 19.5. The van der Waals surface area contributed by atoms with Crippen LogP contribution in [0, 0.1) is 5.41 Å². The van der Waals surface area contributed by atoms with Crippen LogP contribution in [0.5, 0.6) is 5.75 Å². The molecular formula is C21H32N4O2. The van der Waals surface area contributed by atoms with Crippen molar-refractivity contribution in [3.63, 3.8) is 0 Å². The van der Waals surface area contributed by atoms with Crippen molar-refractivity contribution >= 4 is 11.9 Å². The summed E-state index contributed by atoms with van der Waals surface area (Å²) in [6.07, 6.45) is 5.88. The van der Waals surface area contributed by atoms with Gasteiger partial charge in [0.15, 0.2) is 5.96 Å². The van der Waals surface area contributed by atoms with Crippen molar-refractivity contribution in [3.8, 4) is 5.75 Å². The van der Waals surface area contributed by atoms with Crippen molar-refractivity contribution in [1.29, 1.82) is 0 Å². The lowest BCUT2D eigenvalue weighted by Gasteiger charge is -2.42. The monoisotopic (exact) mass is 372 g/mol. The third kappa shape index (κ3) is 4.73. The summed E-state index contributed by atoms with van der Waals surface area (Å²) in [7, 11) is 3.51. The van der Waals surface area contributed by atoms with Crippen molar-refractivity contribution in [2.24, 2.45) is 10.4 Å². The number of ether oxygens (including phenoxy) is 1. The summed E-state index contributed by atoms with van der Waals surface area (Å²) in [4.78, 5) is 18.1. The fraction of sp³-hybridized carbons (Fsp3) is 0.619. The van der Waals surface area contributed by atoms with E-state index in [9.17, 15) is 4.79 Å². The molecule has 0 bridgehead atoms. The molecule has 1 atom stereocenters. The summed E-state index contributed by atoms with van der Waals surface area (Å²) < 4.78 is 5.76. The molecule has 1 aromatic carbocycles. The molecule has 0 saturated heterocycles. The Morgan fingerprint density at radius 3 is 2.78 bits per heavy atom. The fourth-order valence-corrected chi connectivity index (χ4v) is 3.70. The first-order valence-electron chi connectivity index (χ1n) is 10.00. The first-order chi connectivity index (χ1) is 13.0. The normalized spacial score (nSPS) is 20.7. The minimum Gasteiger partial charge on any atom is -0.493 e. The number of aliphatic imine (C=N–C) groups is 1. The average molecular weight is 373 g/mol. The number of carbonyl (C=O) groups is 1. The van der Waals surface area contributed by atoms with Gasteiger partial charge in [0, 0.05) is 32.6 Å². The summed E-state index contributed by atoms with van der Waals surface area (Å²) in [5, 5.41) is 7.05. The standard InChI is InChI=1S/C21H32N4O2/c1-4-21(11-7-12-21)15-23-20(22-14-19(26)25(2)3)24-17-10-13-27-18-9-6-5-8-16(17)18/h5-6,8-9,17H,4,7,10-15H2,1-3H3,(H2,22,23,24). The molecule has 1 unspecified atom stereocenters. The highest BCUT2D eigenvalue weighted by Crippen LogP contribution is 2.43. The highest BCUT2D eigenvalue weighted by molar-refractivity contribution is 5.85. The third-order valence-corrected chi connectivity index (χ3v) is 5.94. The summed E-state index contributed by atoms with van der Waals surface area (Å²) in [5.41, 5.74) is 1.52. The van der Waals surface area contributed by atoms with Gasteiger partial charge in [-0.15, -0.1) is 0 Å². The molecule has 0 radical (unpaired) electrons. The molecular weight excluding hydrogens is 340 g/mol. The minimum atomic E-state index is -0.00248. The lowest BCUT2D eigenvalue weighted by Crippen LogP contribution is -2.48. The second-order valence-electron chi connectivity index (χ2n) is 7.89. The molecule has 148 valence electrons. The maximum atomic E-state index is 12.0. The summed E-state index contributed by atoms with van der Waals surface area (Å²) >= 11 is 0. The molecule has 1 saturated carbocycles. The Balaban J connectivity index is 1.71. The molecule has 1 aromatic rings. The van der Waals surface area contributed by atoms with Crippen LogP contribution >= 0.6 is 0 Å². The summed E-state index contributed by atoms with van der Waals surface area (Å²) in [5.74, 6) is 1.64. The van der Waals surface area contributed by atoms with Gasteiger partial charge < -0.3 is 20.3 Å². The Bertz CT molecular complexity index is 677. The van der Waals surface area contributed by atoms with E-state index in [-0.39, 0.29) is 18.5 Å². The number of carbonyl (C=O) groups excluding carboxylic acids is 1. The van der Waals surface area contributed by atoms with Gasteiger partial charge in [-0.2, -0.15) is 0 Å². The predicted molar refractivity (Wildman–Crippen MR) is 108 cm³/mol. The molecule has 6 nitrogen and oxygen atoms in total. The molecule has 1 aliphatic carbocycles. The molecule has 2 aliphatic rings. The van der Waals surface area contributed by atoms with E-state index in [4.69, 9.17) is 4.74 Å². The number of fused-ring (bicyclic) bond motifs is 1. The van der Waals surface area contributed by atoms with Crippen molar-refractivity contribution in [2.75, 3.05) is 33.8 Å². The highest BCUT2D eigenvalue weighted by Gasteiger charge is 2.35. The van der Waals surface area contributed by atoms with E-state index in [0.717, 1.165) is 24.3 Å². The van der Waals surface area contributed by atoms with Crippen LogP contribution in [0.1, 0.15) is 50.6 Å². The number of hydrogen-bond donors (Lipinski definition) is 2. The molecule has 6 heteroatoms. The number of nitrogens with zero attached hydrogens (tertiary/aromatic N) is 2. The number of guanidine groups is 1. The number of benzene rings is 1. The largest absolute Gasteiger partial charge is 0.493 e. The van der Waals surface area contributed by atoms with Gasteiger partial charge in [0.2, 0.25) is 5.91 Å². The van der Waals surface area contributed by atoms with Crippen LogP contribution in [0.2, 0.25) is 0 Å². The lowest BCUT2D eigenvalue weighted by molar-refractivity contribution is -0.127. The Morgan fingerprint density at radius 2 is 2.11 bits per heavy atom. The number of amides is 1. The number of rotatable bonds is 6. The second-order valence-corrected chi connectivity index (χ2v) is 7.89. The number of hydrogen-bond acceptors (Lipinski definition) is 3. The SMILES string of the molecule is CCC1(CNC(=NCC(=O)N(C)C)NC2CCOc3ccccc32)CCC1. The zero-order chi connectivity index (χ0) is 19.3. The smallest absolute Gasteiger partial charge is 0.243 e. The van der Waals surface area contributed by atoms with Crippen LogP contribution in [0.4, 0.5) is 0 Å². The second kappa shape index (κ2) is 8.63. The average Bonchev–Trinajstić information content (AvgIpc) is 2.65.